The predicted molar refractivity (Wildman–Crippen MR) is 103 cm³/mol. The second kappa shape index (κ2) is 7.92. The van der Waals surface area contributed by atoms with Gasteiger partial charge in [0.05, 0.1) is 5.75 Å². The van der Waals surface area contributed by atoms with Crippen LogP contribution in [-0.4, -0.2) is 34.7 Å². The van der Waals surface area contributed by atoms with Crippen LogP contribution in [0.15, 0.2) is 59.8 Å². The Balaban J connectivity index is 1.63. The van der Waals surface area contributed by atoms with Crippen LogP contribution in [0.2, 0.25) is 0 Å². The van der Waals surface area contributed by atoms with E-state index in [1.165, 1.54) is 11.8 Å². The molecule has 0 amide bonds. The maximum Gasteiger partial charge on any atom is 0.310 e. The Kier molecular flexibility index (Phi) is 5.63. The first-order valence-electron chi connectivity index (χ1n) is 8.02. The lowest BCUT2D eigenvalue weighted by molar-refractivity contribution is 0.488. The summed E-state index contributed by atoms with van der Waals surface area (Å²) in [6.45, 7) is 2.02. The fourth-order valence-electron chi connectivity index (χ4n) is 2.40. The van der Waals surface area contributed by atoms with Gasteiger partial charge in [-0.15, -0.1) is 10.2 Å². The van der Waals surface area contributed by atoms with E-state index in [0.29, 0.717) is 16.7 Å². The summed E-state index contributed by atoms with van der Waals surface area (Å²) in [6.07, 6.45) is 0. The highest BCUT2D eigenvalue weighted by molar-refractivity contribution is 8.00. The molecule has 3 rings (SSSR count). The Hall–Kier alpha value is -2.32. The third-order valence-corrected chi connectivity index (χ3v) is 6.18. The number of thioether (sulfide) groups is 1. The maximum absolute atomic E-state index is 12.1. The molecule has 1 heterocycles. The van der Waals surface area contributed by atoms with Crippen molar-refractivity contribution in [1.82, 2.24) is 14.8 Å². The third-order valence-electron chi connectivity index (χ3n) is 3.75. The standard InChI is InChI=1S/C18H19N3O3S2/c1-14-8-6-7-11-16(14)17-19-20-18(21(17)2)25-12-13-26(22,23)24-15-9-4-3-5-10-15/h3-11H,12-13H2,1-2H3. The van der Waals surface area contributed by atoms with Crippen molar-refractivity contribution in [1.29, 1.82) is 0 Å². The molecule has 8 heteroatoms. The summed E-state index contributed by atoms with van der Waals surface area (Å²) in [7, 11) is -1.77. The molecule has 0 atom stereocenters. The van der Waals surface area contributed by atoms with Crippen LogP contribution in [0.1, 0.15) is 5.56 Å². The molecule has 0 aliphatic rings. The zero-order valence-electron chi connectivity index (χ0n) is 14.5. The predicted octanol–water partition coefficient (Wildman–Crippen LogP) is 3.29. The summed E-state index contributed by atoms with van der Waals surface area (Å²) in [5.74, 6) is 1.29. The Morgan fingerprint density at radius 1 is 1.04 bits per heavy atom. The minimum absolute atomic E-state index is 0.112. The second-order valence-corrected chi connectivity index (χ2v) is 8.44. The van der Waals surface area contributed by atoms with Gasteiger partial charge in [-0.25, -0.2) is 0 Å². The van der Waals surface area contributed by atoms with Crippen molar-refractivity contribution < 1.29 is 12.6 Å². The summed E-state index contributed by atoms with van der Waals surface area (Å²) < 4.78 is 31.1. The molecule has 6 nitrogen and oxygen atoms in total. The summed E-state index contributed by atoms with van der Waals surface area (Å²) >= 11 is 1.34. The van der Waals surface area contributed by atoms with E-state index in [0.717, 1.165) is 17.0 Å². The molecular formula is C18H19N3O3S2. The fourth-order valence-corrected chi connectivity index (χ4v) is 4.60. The van der Waals surface area contributed by atoms with Gasteiger partial charge in [0.25, 0.3) is 0 Å². The molecule has 0 aliphatic heterocycles. The van der Waals surface area contributed by atoms with Gasteiger partial charge in [-0.05, 0) is 24.6 Å². The number of hydrogen-bond acceptors (Lipinski definition) is 6. The van der Waals surface area contributed by atoms with Crippen LogP contribution >= 0.6 is 11.8 Å². The van der Waals surface area contributed by atoms with E-state index in [-0.39, 0.29) is 5.75 Å². The number of hydrogen-bond donors (Lipinski definition) is 0. The minimum atomic E-state index is -3.65. The SMILES string of the molecule is Cc1ccccc1-c1nnc(SCCS(=O)(=O)Oc2ccccc2)n1C. The lowest BCUT2D eigenvalue weighted by atomic mass is 10.1. The summed E-state index contributed by atoms with van der Waals surface area (Å²) in [6, 6.07) is 16.4. The first kappa shape index (κ1) is 18.5. The molecule has 0 fully saturated rings. The molecular weight excluding hydrogens is 370 g/mol. The average molecular weight is 390 g/mol. The van der Waals surface area contributed by atoms with E-state index in [2.05, 4.69) is 10.2 Å². The lowest BCUT2D eigenvalue weighted by Crippen LogP contribution is -2.15. The molecule has 0 aliphatic carbocycles. The lowest BCUT2D eigenvalue weighted by Gasteiger charge is -2.07. The molecule has 1 aromatic heterocycles. The van der Waals surface area contributed by atoms with Crippen LogP contribution in [0.4, 0.5) is 0 Å². The molecule has 0 saturated heterocycles. The number of para-hydroxylation sites is 1. The van der Waals surface area contributed by atoms with Crippen molar-refractivity contribution in [3.8, 4) is 17.1 Å². The zero-order chi connectivity index (χ0) is 18.6. The van der Waals surface area contributed by atoms with Gasteiger partial charge < -0.3 is 8.75 Å². The van der Waals surface area contributed by atoms with E-state index in [9.17, 15) is 8.42 Å². The molecule has 0 spiro atoms. The van der Waals surface area contributed by atoms with Gasteiger partial charge in [-0.3, -0.25) is 0 Å². The average Bonchev–Trinajstić information content (AvgIpc) is 2.96. The van der Waals surface area contributed by atoms with Gasteiger partial charge >= 0.3 is 10.1 Å². The third kappa shape index (κ3) is 4.44. The van der Waals surface area contributed by atoms with Gasteiger partial charge in [0, 0.05) is 18.4 Å². The van der Waals surface area contributed by atoms with Gasteiger partial charge in [0.1, 0.15) is 5.75 Å². The van der Waals surface area contributed by atoms with Crippen molar-refractivity contribution in [2.45, 2.75) is 12.1 Å². The zero-order valence-corrected chi connectivity index (χ0v) is 16.1. The number of aryl methyl sites for hydroxylation is 1. The van der Waals surface area contributed by atoms with Crippen LogP contribution < -0.4 is 4.18 Å². The number of aromatic nitrogens is 3. The van der Waals surface area contributed by atoms with Crippen molar-refractivity contribution in [2.75, 3.05) is 11.5 Å². The Morgan fingerprint density at radius 3 is 2.46 bits per heavy atom. The van der Waals surface area contributed by atoms with Crippen molar-refractivity contribution in [3.63, 3.8) is 0 Å². The van der Waals surface area contributed by atoms with Crippen molar-refractivity contribution >= 4 is 21.9 Å². The molecule has 26 heavy (non-hydrogen) atoms. The van der Waals surface area contributed by atoms with E-state index in [1.54, 1.807) is 30.3 Å². The largest absolute Gasteiger partial charge is 0.382 e. The molecule has 0 bridgehead atoms. The monoisotopic (exact) mass is 389 g/mol. The van der Waals surface area contributed by atoms with Crippen molar-refractivity contribution in [3.05, 3.63) is 60.2 Å². The topological polar surface area (TPSA) is 74.1 Å². The van der Waals surface area contributed by atoms with E-state index in [1.807, 2.05) is 42.8 Å². The Morgan fingerprint density at radius 2 is 1.73 bits per heavy atom. The smallest absolute Gasteiger partial charge is 0.310 e. The molecule has 3 aromatic rings. The molecule has 0 N–H and O–H groups in total. The number of nitrogens with zero attached hydrogens (tertiary/aromatic N) is 3. The first-order chi connectivity index (χ1) is 12.5. The van der Waals surface area contributed by atoms with E-state index in [4.69, 9.17) is 4.18 Å². The Bertz CT molecular complexity index is 986. The first-order valence-corrected chi connectivity index (χ1v) is 10.6. The molecule has 136 valence electrons. The van der Waals surface area contributed by atoms with Crippen LogP contribution in [-0.2, 0) is 17.2 Å². The summed E-state index contributed by atoms with van der Waals surface area (Å²) in [4.78, 5) is 0. The van der Waals surface area contributed by atoms with E-state index >= 15 is 0 Å². The molecule has 0 radical (unpaired) electrons. The maximum atomic E-state index is 12.1. The van der Waals surface area contributed by atoms with Crippen LogP contribution in [0.5, 0.6) is 5.75 Å². The quantitative estimate of drug-likeness (QED) is 0.456. The highest BCUT2D eigenvalue weighted by atomic mass is 32.2. The summed E-state index contributed by atoms with van der Waals surface area (Å²) in [5, 5.41) is 9.08. The normalized spacial score (nSPS) is 11.5. The molecule has 0 saturated carbocycles. The van der Waals surface area contributed by atoms with E-state index < -0.39 is 10.1 Å². The minimum Gasteiger partial charge on any atom is -0.382 e. The Labute approximate surface area is 157 Å². The van der Waals surface area contributed by atoms with Gasteiger partial charge in [0.2, 0.25) is 0 Å². The van der Waals surface area contributed by atoms with Gasteiger partial charge in [-0.1, -0.05) is 54.2 Å². The van der Waals surface area contributed by atoms with Crippen LogP contribution in [0.25, 0.3) is 11.4 Å². The van der Waals surface area contributed by atoms with Gasteiger partial charge in [-0.2, -0.15) is 8.42 Å². The summed E-state index contributed by atoms with van der Waals surface area (Å²) in [5.41, 5.74) is 2.12. The fraction of sp³-hybridized carbons (Fsp3) is 0.222. The van der Waals surface area contributed by atoms with Crippen LogP contribution in [0, 0.1) is 6.92 Å². The molecule has 2 aromatic carbocycles. The number of benzene rings is 2. The van der Waals surface area contributed by atoms with Crippen molar-refractivity contribution in [2.24, 2.45) is 7.05 Å². The number of rotatable bonds is 7. The highest BCUT2D eigenvalue weighted by Gasteiger charge is 2.16. The molecule has 0 unspecified atom stereocenters. The highest BCUT2D eigenvalue weighted by Crippen LogP contribution is 2.25. The van der Waals surface area contributed by atoms with Crippen LogP contribution in [0.3, 0.4) is 0 Å². The van der Waals surface area contributed by atoms with Gasteiger partial charge in [0.15, 0.2) is 11.0 Å². The second-order valence-electron chi connectivity index (χ2n) is 5.69.